The molecule has 0 N–H and O–H groups in total. The van der Waals surface area contributed by atoms with Crippen molar-refractivity contribution < 1.29 is 13.9 Å². The summed E-state index contributed by atoms with van der Waals surface area (Å²) in [6.07, 6.45) is 1.75. The second-order valence-electron chi connectivity index (χ2n) is 4.12. The predicted molar refractivity (Wildman–Crippen MR) is 67.3 cm³/mol. The van der Waals surface area contributed by atoms with Gasteiger partial charge in [0.25, 0.3) is 0 Å². The zero-order valence-corrected chi connectivity index (χ0v) is 10.9. The monoisotopic (exact) mass is 240 g/mol. The van der Waals surface area contributed by atoms with Gasteiger partial charge < -0.3 is 9.47 Å². The summed E-state index contributed by atoms with van der Waals surface area (Å²) in [5, 5.41) is 0. The van der Waals surface area contributed by atoms with Crippen molar-refractivity contribution in [3.05, 3.63) is 28.8 Å². The lowest BCUT2D eigenvalue weighted by Crippen LogP contribution is -2.04. The second kappa shape index (κ2) is 7.28. The third-order valence-electron chi connectivity index (χ3n) is 2.78. The predicted octanol–water partition coefficient (Wildman–Crippen LogP) is 3.58. The first-order valence-corrected chi connectivity index (χ1v) is 6.05. The van der Waals surface area contributed by atoms with E-state index in [2.05, 4.69) is 30.7 Å². The molecule has 2 nitrogen and oxygen atoms in total. The van der Waals surface area contributed by atoms with Gasteiger partial charge in [-0.2, -0.15) is 0 Å². The number of halogens is 1. The third-order valence-corrected chi connectivity index (χ3v) is 2.78. The highest BCUT2D eigenvalue weighted by Gasteiger charge is 2.04. The summed E-state index contributed by atoms with van der Waals surface area (Å²) in [5.74, 6) is 0.917. The van der Waals surface area contributed by atoms with Gasteiger partial charge in [0.05, 0.1) is 13.2 Å². The summed E-state index contributed by atoms with van der Waals surface area (Å²) in [7, 11) is 0. The molecule has 96 valence electrons. The van der Waals surface area contributed by atoms with Crippen molar-refractivity contribution in [2.24, 2.45) is 0 Å². The zero-order valence-electron chi connectivity index (χ0n) is 10.9. The van der Waals surface area contributed by atoms with E-state index in [0.717, 1.165) is 17.7 Å². The van der Waals surface area contributed by atoms with Gasteiger partial charge in [0.1, 0.15) is 5.75 Å². The largest absolute Gasteiger partial charge is 0.493 e. The van der Waals surface area contributed by atoms with Crippen LogP contribution in [0, 0.1) is 13.8 Å². The van der Waals surface area contributed by atoms with E-state index < -0.39 is 6.86 Å². The molecule has 0 saturated heterocycles. The van der Waals surface area contributed by atoms with Crippen molar-refractivity contribution in [3.8, 4) is 5.75 Å². The average Bonchev–Trinajstić information content (AvgIpc) is 2.32. The van der Waals surface area contributed by atoms with E-state index in [1.165, 1.54) is 11.1 Å². The molecule has 17 heavy (non-hydrogen) atoms. The Morgan fingerprint density at radius 1 is 1.12 bits per heavy atom. The highest BCUT2D eigenvalue weighted by Crippen LogP contribution is 2.23. The molecule has 0 saturated carbocycles. The minimum absolute atomic E-state index is 0.404. The van der Waals surface area contributed by atoms with Crippen LogP contribution in [0.15, 0.2) is 12.1 Å². The first kappa shape index (κ1) is 14.0. The van der Waals surface area contributed by atoms with Crippen molar-refractivity contribution in [2.45, 2.75) is 33.6 Å². The molecular formula is C14H21FO2. The van der Waals surface area contributed by atoms with Gasteiger partial charge in [0.15, 0.2) is 6.86 Å². The van der Waals surface area contributed by atoms with Gasteiger partial charge in [0.2, 0.25) is 0 Å². The van der Waals surface area contributed by atoms with Crippen LogP contribution in [0.25, 0.3) is 0 Å². The van der Waals surface area contributed by atoms with Crippen LogP contribution < -0.4 is 4.74 Å². The first-order valence-electron chi connectivity index (χ1n) is 6.05. The smallest absolute Gasteiger partial charge is 0.188 e. The molecule has 0 aromatic heterocycles. The summed E-state index contributed by atoms with van der Waals surface area (Å²) in [6, 6.07) is 4.24. The third kappa shape index (κ3) is 4.35. The molecule has 1 rings (SSSR count). The SMILES string of the molecule is CCc1cc(C)c(OCCCOCF)cc1C. The van der Waals surface area contributed by atoms with E-state index >= 15 is 0 Å². The van der Waals surface area contributed by atoms with Gasteiger partial charge in [-0.15, -0.1) is 0 Å². The van der Waals surface area contributed by atoms with Crippen LogP contribution in [0.2, 0.25) is 0 Å². The van der Waals surface area contributed by atoms with Gasteiger partial charge in [-0.3, -0.25) is 0 Å². The standard InChI is InChI=1S/C14H21FO2/c1-4-13-8-12(3)14(9-11(13)2)17-7-5-6-16-10-15/h8-9H,4-7,10H2,1-3H3. The Hall–Kier alpha value is -1.09. The average molecular weight is 240 g/mol. The Bertz CT molecular complexity index is 350. The van der Waals surface area contributed by atoms with Crippen LogP contribution >= 0.6 is 0 Å². The molecule has 1 aromatic rings. The Morgan fingerprint density at radius 2 is 1.88 bits per heavy atom. The first-order chi connectivity index (χ1) is 8.19. The number of benzene rings is 1. The minimum atomic E-state index is -0.719. The molecule has 0 aliphatic rings. The van der Waals surface area contributed by atoms with Crippen molar-refractivity contribution in [1.29, 1.82) is 0 Å². The van der Waals surface area contributed by atoms with Crippen LogP contribution in [0.1, 0.15) is 30.0 Å². The van der Waals surface area contributed by atoms with E-state index in [1.54, 1.807) is 0 Å². The van der Waals surface area contributed by atoms with Crippen LogP contribution in [-0.2, 0) is 11.2 Å². The normalized spacial score (nSPS) is 10.6. The molecule has 0 fully saturated rings. The minimum Gasteiger partial charge on any atom is -0.493 e. The van der Waals surface area contributed by atoms with Crippen LogP contribution in [0.5, 0.6) is 5.75 Å². The van der Waals surface area contributed by atoms with Gasteiger partial charge in [-0.1, -0.05) is 13.0 Å². The fourth-order valence-corrected chi connectivity index (χ4v) is 1.78. The number of aryl methyl sites for hydroxylation is 3. The van der Waals surface area contributed by atoms with Crippen molar-refractivity contribution in [2.75, 3.05) is 20.1 Å². The van der Waals surface area contributed by atoms with E-state index in [-0.39, 0.29) is 0 Å². The highest BCUT2D eigenvalue weighted by atomic mass is 19.1. The molecule has 0 bridgehead atoms. The molecule has 0 spiro atoms. The molecule has 3 heteroatoms. The molecular weight excluding hydrogens is 219 g/mol. The summed E-state index contributed by atoms with van der Waals surface area (Å²) in [4.78, 5) is 0. The fourth-order valence-electron chi connectivity index (χ4n) is 1.78. The summed E-state index contributed by atoms with van der Waals surface area (Å²) >= 11 is 0. The molecule has 0 amide bonds. The topological polar surface area (TPSA) is 18.5 Å². The molecule has 0 aliphatic heterocycles. The van der Waals surface area contributed by atoms with Crippen LogP contribution in [-0.4, -0.2) is 20.1 Å². The van der Waals surface area contributed by atoms with Gasteiger partial charge >= 0.3 is 0 Å². The van der Waals surface area contributed by atoms with Crippen LogP contribution in [0.4, 0.5) is 4.39 Å². The molecule has 0 radical (unpaired) electrons. The lowest BCUT2D eigenvalue weighted by molar-refractivity contribution is 0.0507. The summed E-state index contributed by atoms with van der Waals surface area (Å²) < 4.78 is 22.0. The lowest BCUT2D eigenvalue weighted by atomic mass is 10.0. The van der Waals surface area contributed by atoms with E-state index in [9.17, 15) is 4.39 Å². The van der Waals surface area contributed by atoms with Crippen molar-refractivity contribution in [3.63, 3.8) is 0 Å². The molecule has 0 unspecified atom stereocenters. The Morgan fingerprint density at radius 3 is 2.53 bits per heavy atom. The molecule has 0 atom stereocenters. The lowest BCUT2D eigenvalue weighted by Gasteiger charge is -2.12. The van der Waals surface area contributed by atoms with E-state index in [0.29, 0.717) is 19.6 Å². The van der Waals surface area contributed by atoms with Crippen molar-refractivity contribution in [1.82, 2.24) is 0 Å². The molecule has 1 aromatic carbocycles. The van der Waals surface area contributed by atoms with Gasteiger partial charge in [-0.25, -0.2) is 4.39 Å². The quantitative estimate of drug-likeness (QED) is 0.678. The maximum Gasteiger partial charge on any atom is 0.188 e. The Labute approximate surface area is 103 Å². The maximum atomic E-state index is 11.7. The van der Waals surface area contributed by atoms with Gasteiger partial charge in [0, 0.05) is 6.42 Å². The molecule has 0 aliphatic carbocycles. The number of hydrogen-bond donors (Lipinski definition) is 0. The maximum absolute atomic E-state index is 11.7. The molecule has 0 heterocycles. The van der Waals surface area contributed by atoms with Crippen molar-refractivity contribution >= 4 is 0 Å². The van der Waals surface area contributed by atoms with E-state index in [1.807, 2.05) is 6.92 Å². The van der Waals surface area contributed by atoms with Gasteiger partial charge in [-0.05, 0) is 43.0 Å². The Kier molecular flexibility index (Phi) is 5.98. The number of ether oxygens (including phenoxy) is 2. The van der Waals surface area contributed by atoms with E-state index in [4.69, 9.17) is 4.74 Å². The number of rotatable bonds is 7. The number of hydrogen-bond acceptors (Lipinski definition) is 2. The summed E-state index contributed by atoms with van der Waals surface area (Å²) in [6.45, 7) is 6.54. The Balaban J connectivity index is 2.51. The highest BCUT2D eigenvalue weighted by molar-refractivity contribution is 5.41. The fraction of sp³-hybridized carbons (Fsp3) is 0.571. The summed E-state index contributed by atoms with van der Waals surface area (Å²) in [5.41, 5.74) is 3.77. The van der Waals surface area contributed by atoms with Crippen LogP contribution in [0.3, 0.4) is 0 Å². The second-order valence-corrected chi connectivity index (χ2v) is 4.12. The number of alkyl halides is 1. The zero-order chi connectivity index (χ0) is 12.7.